The van der Waals surface area contributed by atoms with Gasteiger partial charge in [0.25, 0.3) is 0 Å². The highest BCUT2D eigenvalue weighted by molar-refractivity contribution is 5.85. The Balaban J connectivity index is 0.00000243. The van der Waals surface area contributed by atoms with Crippen LogP contribution in [0.4, 0.5) is 0 Å². The summed E-state index contributed by atoms with van der Waals surface area (Å²) < 4.78 is 1.81. The van der Waals surface area contributed by atoms with Gasteiger partial charge in [-0.3, -0.25) is 9.48 Å². The van der Waals surface area contributed by atoms with Crippen molar-refractivity contribution in [1.29, 1.82) is 0 Å². The van der Waals surface area contributed by atoms with Gasteiger partial charge in [-0.2, -0.15) is 5.10 Å². The molecule has 1 amide bonds. The van der Waals surface area contributed by atoms with Gasteiger partial charge in [0, 0.05) is 38.8 Å². The highest BCUT2D eigenvalue weighted by atomic mass is 35.5. The van der Waals surface area contributed by atoms with Crippen molar-refractivity contribution >= 4 is 18.3 Å². The van der Waals surface area contributed by atoms with Gasteiger partial charge in [-0.1, -0.05) is 37.3 Å². The summed E-state index contributed by atoms with van der Waals surface area (Å²) in [5.74, 6) is 0.419. The van der Waals surface area contributed by atoms with Gasteiger partial charge in [0.15, 0.2) is 0 Å². The van der Waals surface area contributed by atoms with Crippen molar-refractivity contribution in [1.82, 2.24) is 20.0 Å². The van der Waals surface area contributed by atoms with Crippen LogP contribution in [0.25, 0.3) is 0 Å². The third-order valence-corrected chi connectivity index (χ3v) is 5.26. The number of rotatable bonds is 6. The summed E-state index contributed by atoms with van der Waals surface area (Å²) in [5, 5.41) is 7.69. The van der Waals surface area contributed by atoms with Crippen molar-refractivity contribution in [3.05, 3.63) is 53.9 Å². The molecule has 1 saturated heterocycles. The molecule has 26 heavy (non-hydrogen) atoms. The number of aromatic nitrogens is 2. The largest absolute Gasteiger partial charge is 0.336 e. The van der Waals surface area contributed by atoms with Crippen molar-refractivity contribution in [3.8, 4) is 0 Å². The fraction of sp³-hybridized carbons (Fsp3) is 0.500. The third kappa shape index (κ3) is 4.10. The van der Waals surface area contributed by atoms with Crippen molar-refractivity contribution in [2.75, 3.05) is 19.6 Å². The Morgan fingerprint density at radius 3 is 2.62 bits per heavy atom. The normalized spacial score (nSPS) is 20.4. The molecule has 1 aromatic heterocycles. The zero-order valence-corrected chi connectivity index (χ0v) is 16.6. The lowest BCUT2D eigenvalue weighted by molar-refractivity contribution is -0.137. The first-order valence-corrected chi connectivity index (χ1v) is 9.20. The molecule has 142 valence electrons. The molecule has 1 unspecified atom stereocenters. The highest BCUT2D eigenvalue weighted by Gasteiger charge is 2.38. The molecule has 6 heteroatoms. The predicted molar refractivity (Wildman–Crippen MR) is 106 cm³/mol. The summed E-state index contributed by atoms with van der Waals surface area (Å²) >= 11 is 0. The Bertz CT molecular complexity index is 703. The average molecular weight is 377 g/mol. The van der Waals surface area contributed by atoms with E-state index in [-0.39, 0.29) is 36.2 Å². The standard InChI is InChI=1S/C20H28N4O.ClH/c1-4-19(15-9-7-6-8-10-15)24(5-2)20(25)18-13-21-12-17(18)16-11-22-23(3)14-16;/h6-11,14,17-19,21H,4-5,12-13H2,1-3H3;1H/t17-,18+,19?;/m1./s1. The van der Waals surface area contributed by atoms with E-state index in [2.05, 4.69) is 41.3 Å². The second-order valence-corrected chi connectivity index (χ2v) is 6.78. The van der Waals surface area contributed by atoms with Gasteiger partial charge in [0.2, 0.25) is 5.91 Å². The summed E-state index contributed by atoms with van der Waals surface area (Å²) in [5.41, 5.74) is 2.36. The van der Waals surface area contributed by atoms with Crippen LogP contribution in [0.3, 0.4) is 0 Å². The van der Waals surface area contributed by atoms with Crippen molar-refractivity contribution in [2.24, 2.45) is 13.0 Å². The molecule has 2 aromatic rings. The molecule has 1 aliphatic heterocycles. The second kappa shape index (κ2) is 9.19. The number of carbonyl (C=O) groups excluding carboxylic acids is 1. The second-order valence-electron chi connectivity index (χ2n) is 6.78. The van der Waals surface area contributed by atoms with Crippen molar-refractivity contribution < 1.29 is 4.79 Å². The maximum Gasteiger partial charge on any atom is 0.228 e. The minimum Gasteiger partial charge on any atom is -0.336 e. The van der Waals surface area contributed by atoms with Gasteiger partial charge >= 0.3 is 0 Å². The minimum atomic E-state index is -0.0260. The molecule has 0 radical (unpaired) electrons. The van der Waals surface area contributed by atoms with Crippen LogP contribution in [0, 0.1) is 5.92 Å². The predicted octanol–water partition coefficient (Wildman–Crippen LogP) is 3.14. The molecule has 1 fully saturated rings. The minimum absolute atomic E-state index is 0. The SMILES string of the molecule is CCC(c1ccccc1)N(CC)C(=O)[C@H]1CNC[C@@H]1c1cnn(C)c1.Cl. The van der Waals surface area contributed by atoms with Crippen LogP contribution < -0.4 is 5.32 Å². The molecule has 1 aromatic carbocycles. The molecule has 0 spiro atoms. The summed E-state index contributed by atoms with van der Waals surface area (Å²) in [4.78, 5) is 15.5. The molecular weight excluding hydrogens is 348 g/mol. The number of hydrogen-bond donors (Lipinski definition) is 1. The van der Waals surface area contributed by atoms with Gasteiger partial charge < -0.3 is 10.2 Å². The molecule has 0 bridgehead atoms. The first kappa shape index (κ1) is 20.5. The lowest BCUT2D eigenvalue weighted by Crippen LogP contribution is -2.41. The van der Waals surface area contributed by atoms with E-state index in [1.54, 1.807) is 0 Å². The Morgan fingerprint density at radius 1 is 1.31 bits per heavy atom. The molecule has 1 aliphatic rings. The number of amides is 1. The smallest absolute Gasteiger partial charge is 0.228 e. The zero-order chi connectivity index (χ0) is 17.8. The number of aryl methyl sites for hydroxylation is 1. The van der Waals surface area contributed by atoms with E-state index in [0.29, 0.717) is 0 Å². The monoisotopic (exact) mass is 376 g/mol. The van der Waals surface area contributed by atoms with Crippen LogP contribution in [-0.4, -0.2) is 40.2 Å². The number of nitrogens with one attached hydrogen (secondary N) is 1. The van der Waals surface area contributed by atoms with E-state index >= 15 is 0 Å². The van der Waals surface area contributed by atoms with E-state index in [4.69, 9.17) is 0 Å². The molecule has 3 rings (SSSR count). The summed E-state index contributed by atoms with van der Waals surface area (Å²) in [6, 6.07) is 10.5. The fourth-order valence-electron chi connectivity index (χ4n) is 3.97. The Labute approximate surface area is 162 Å². The van der Waals surface area contributed by atoms with Crippen molar-refractivity contribution in [2.45, 2.75) is 32.2 Å². The first-order chi connectivity index (χ1) is 12.2. The number of carbonyl (C=O) groups is 1. The molecule has 1 N–H and O–H groups in total. The molecule has 0 aliphatic carbocycles. The van der Waals surface area contributed by atoms with E-state index in [9.17, 15) is 4.79 Å². The van der Waals surface area contributed by atoms with E-state index in [0.717, 1.165) is 31.6 Å². The number of halogens is 1. The van der Waals surface area contributed by atoms with E-state index in [1.165, 1.54) is 5.56 Å². The molecule has 0 saturated carbocycles. The van der Waals surface area contributed by atoms with E-state index in [1.807, 2.05) is 42.3 Å². The van der Waals surface area contributed by atoms with Gasteiger partial charge in [-0.15, -0.1) is 12.4 Å². The van der Waals surface area contributed by atoms with Gasteiger partial charge in [0.05, 0.1) is 18.2 Å². The Morgan fingerprint density at radius 2 is 2.04 bits per heavy atom. The van der Waals surface area contributed by atoms with Crippen LogP contribution in [0.2, 0.25) is 0 Å². The first-order valence-electron chi connectivity index (χ1n) is 9.20. The van der Waals surface area contributed by atoms with Crippen LogP contribution in [0.15, 0.2) is 42.7 Å². The zero-order valence-electron chi connectivity index (χ0n) is 15.8. The molecule has 2 heterocycles. The Hall–Kier alpha value is -1.85. The van der Waals surface area contributed by atoms with Gasteiger partial charge in [-0.05, 0) is 24.5 Å². The van der Waals surface area contributed by atoms with E-state index < -0.39 is 0 Å². The van der Waals surface area contributed by atoms with Crippen LogP contribution in [-0.2, 0) is 11.8 Å². The summed E-state index contributed by atoms with van der Waals surface area (Å²) in [7, 11) is 1.92. The van der Waals surface area contributed by atoms with Crippen LogP contribution in [0.1, 0.15) is 43.4 Å². The topological polar surface area (TPSA) is 50.2 Å². The van der Waals surface area contributed by atoms with Crippen LogP contribution >= 0.6 is 12.4 Å². The summed E-state index contributed by atoms with van der Waals surface area (Å²) in [6.45, 7) is 6.52. The molecule has 5 nitrogen and oxygen atoms in total. The number of hydrogen-bond acceptors (Lipinski definition) is 3. The maximum absolute atomic E-state index is 13.4. The van der Waals surface area contributed by atoms with Gasteiger partial charge in [0.1, 0.15) is 0 Å². The van der Waals surface area contributed by atoms with Crippen LogP contribution in [0.5, 0.6) is 0 Å². The molecular formula is C20H29ClN4O. The highest BCUT2D eigenvalue weighted by Crippen LogP contribution is 2.33. The fourth-order valence-corrected chi connectivity index (χ4v) is 3.97. The average Bonchev–Trinajstić information content (AvgIpc) is 3.28. The summed E-state index contributed by atoms with van der Waals surface area (Å²) in [6.07, 6.45) is 4.84. The lowest BCUT2D eigenvalue weighted by Gasteiger charge is -2.34. The number of benzene rings is 1. The van der Waals surface area contributed by atoms with Crippen molar-refractivity contribution in [3.63, 3.8) is 0 Å². The quantitative estimate of drug-likeness (QED) is 0.842. The Kier molecular flexibility index (Phi) is 7.23. The maximum atomic E-state index is 13.4. The molecule has 3 atom stereocenters. The number of nitrogens with zero attached hydrogens (tertiary/aromatic N) is 3. The third-order valence-electron chi connectivity index (χ3n) is 5.26. The van der Waals surface area contributed by atoms with Gasteiger partial charge in [-0.25, -0.2) is 0 Å². The lowest BCUT2D eigenvalue weighted by atomic mass is 9.89.